The average molecular weight is 410 g/mol. The lowest BCUT2D eigenvalue weighted by Gasteiger charge is -2.13. The zero-order chi connectivity index (χ0) is 18.2. The minimum Gasteiger partial charge on any atom is -0.477 e. The number of hydrogen-bond acceptors (Lipinski definition) is 3. The summed E-state index contributed by atoms with van der Waals surface area (Å²) in [5.41, 5.74) is 4.49. The van der Waals surface area contributed by atoms with Crippen molar-refractivity contribution >= 4 is 27.6 Å². The summed E-state index contributed by atoms with van der Waals surface area (Å²) in [5, 5.41) is 12.3. The van der Waals surface area contributed by atoms with Crippen molar-refractivity contribution in [2.24, 2.45) is 5.16 Å². The number of oxime groups is 1. The first-order chi connectivity index (χ1) is 11.8. The van der Waals surface area contributed by atoms with Crippen LogP contribution in [-0.2, 0) is 16.1 Å². The lowest BCUT2D eigenvalue weighted by Crippen LogP contribution is -2.31. The van der Waals surface area contributed by atoms with E-state index in [4.69, 9.17) is 5.11 Å². The molecule has 1 aliphatic carbocycles. The van der Waals surface area contributed by atoms with Gasteiger partial charge in [-0.15, -0.1) is 0 Å². The highest BCUT2D eigenvalue weighted by molar-refractivity contribution is 9.10. The summed E-state index contributed by atoms with van der Waals surface area (Å²) in [7, 11) is 1.24. The largest absolute Gasteiger partial charge is 0.477 e. The van der Waals surface area contributed by atoms with E-state index in [0.717, 1.165) is 33.1 Å². The zero-order valence-electron chi connectivity index (χ0n) is 13.2. The standard InChI is InChI=1S/C18H14BrF2NO3/c1-25-22-16(9-18(20,21)17(23)24)11-3-2-10-6-12-7-13(19)4-5-14(12)15(10)8-11/h2-5,7-8H,6,9H2,1H3,(H,23,24)/b22-16+. The molecule has 4 nitrogen and oxygen atoms in total. The van der Waals surface area contributed by atoms with Crippen LogP contribution in [0.15, 0.2) is 46.0 Å². The summed E-state index contributed by atoms with van der Waals surface area (Å²) in [6.45, 7) is 0. The topological polar surface area (TPSA) is 58.9 Å². The number of nitrogens with zero attached hydrogens (tertiary/aromatic N) is 1. The van der Waals surface area contributed by atoms with E-state index < -0.39 is 18.3 Å². The summed E-state index contributed by atoms with van der Waals surface area (Å²) >= 11 is 3.44. The molecule has 1 aliphatic rings. The molecule has 0 atom stereocenters. The van der Waals surface area contributed by atoms with Gasteiger partial charge < -0.3 is 9.94 Å². The lowest BCUT2D eigenvalue weighted by molar-refractivity contribution is -0.163. The second kappa shape index (κ2) is 6.55. The van der Waals surface area contributed by atoms with Gasteiger partial charge in [0.05, 0.1) is 12.1 Å². The molecule has 0 saturated carbocycles. The van der Waals surface area contributed by atoms with E-state index in [2.05, 4.69) is 25.9 Å². The number of aliphatic carboxylic acids is 1. The summed E-state index contributed by atoms with van der Waals surface area (Å²) in [5.74, 6) is -6.10. The van der Waals surface area contributed by atoms with Crippen molar-refractivity contribution in [3.8, 4) is 11.1 Å². The molecule has 0 fully saturated rings. The zero-order valence-corrected chi connectivity index (χ0v) is 14.8. The van der Waals surface area contributed by atoms with Crippen LogP contribution in [0.2, 0.25) is 0 Å². The number of carboxylic acids is 1. The molecule has 1 N–H and O–H groups in total. The molecule has 0 radical (unpaired) electrons. The normalized spacial score (nSPS) is 13.4. The monoisotopic (exact) mass is 409 g/mol. The molecule has 25 heavy (non-hydrogen) atoms. The predicted octanol–water partition coefficient (Wildman–Crippen LogP) is 4.48. The number of rotatable bonds is 5. The van der Waals surface area contributed by atoms with Gasteiger partial charge in [-0.2, -0.15) is 8.78 Å². The van der Waals surface area contributed by atoms with Crippen molar-refractivity contribution in [3.05, 3.63) is 57.6 Å². The van der Waals surface area contributed by atoms with Crippen LogP contribution < -0.4 is 0 Å². The molecule has 0 unspecified atom stereocenters. The molecule has 0 spiro atoms. The Hall–Kier alpha value is -2.28. The highest BCUT2D eigenvalue weighted by atomic mass is 79.9. The third kappa shape index (κ3) is 3.42. The molecule has 0 heterocycles. The highest BCUT2D eigenvalue weighted by Gasteiger charge is 2.41. The van der Waals surface area contributed by atoms with E-state index in [1.807, 2.05) is 24.3 Å². The molecule has 7 heteroatoms. The van der Waals surface area contributed by atoms with Gasteiger partial charge in [-0.25, -0.2) is 4.79 Å². The molecule has 3 rings (SSSR count). The van der Waals surface area contributed by atoms with Crippen LogP contribution in [0.1, 0.15) is 23.1 Å². The Labute approximate surface area is 151 Å². The second-order valence-electron chi connectivity index (χ2n) is 5.76. The van der Waals surface area contributed by atoms with Crippen LogP contribution in [0.3, 0.4) is 0 Å². The van der Waals surface area contributed by atoms with Gasteiger partial charge in [0.15, 0.2) is 0 Å². The Morgan fingerprint density at radius 1 is 1.24 bits per heavy atom. The van der Waals surface area contributed by atoms with Crippen molar-refractivity contribution in [1.82, 2.24) is 0 Å². The van der Waals surface area contributed by atoms with Gasteiger partial charge in [0, 0.05) is 10.0 Å². The van der Waals surface area contributed by atoms with E-state index in [1.165, 1.54) is 7.11 Å². The molecule has 0 bridgehead atoms. The van der Waals surface area contributed by atoms with Crippen LogP contribution in [-0.4, -0.2) is 29.8 Å². The Kier molecular flexibility index (Phi) is 4.60. The van der Waals surface area contributed by atoms with Crippen molar-refractivity contribution < 1.29 is 23.5 Å². The number of fused-ring (bicyclic) bond motifs is 3. The van der Waals surface area contributed by atoms with E-state index in [9.17, 15) is 13.6 Å². The van der Waals surface area contributed by atoms with Gasteiger partial charge >= 0.3 is 11.9 Å². The molecular weight excluding hydrogens is 396 g/mol. The van der Waals surface area contributed by atoms with Crippen LogP contribution in [0.25, 0.3) is 11.1 Å². The van der Waals surface area contributed by atoms with E-state index in [-0.39, 0.29) is 5.71 Å². The number of carboxylic acid groups (broad SMARTS) is 1. The van der Waals surface area contributed by atoms with Gasteiger partial charge in [0.2, 0.25) is 0 Å². The number of alkyl halides is 2. The predicted molar refractivity (Wildman–Crippen MR) is 93.1 cm³/mol. The van der Waals surface area contributed by atoms with Crippen molar-refractivity contribution in [3.63, 3.8) is 0 Å². The van der Waals surface area contributed by atoms with E-state index >= 15 is 0 Å². The number of carbonyl (C=O) groups is 1. The van der Waals surface area contributed by atoms with Crippen molar-refractivity contribution in [2.45, 2.75) is 18.8 Å². The van der Waals surface area contributed by atoms with Gasteiger partial charge in [0.25, 0.3) is 0 Å². The Morgan fingerprint density at radius 2 is 2.00 bits per heavy atom. The summed E-state index contributed by atoms with van der Waals surface area (Å²) in [6.07, 6.45) is -0.283. The SMILES string of the molecule is CO/N=C(\CC(F)(F)C(=O)O)c1ccc2c(c1)-c1ccc(Br)cc1C2. The number of halogens is 3. The Balaban J connectivity index is 2.01. The summed E-state index contributed by atoms with van der Waals surface area (Å²) in [6, 6.07) is 11.2. The number of hydrogen-bond donors (Lipinski definition) is 1. The molecule has 0 amide bonds. The first-order valence-electron chi connectivity index (χ1n) is 7.45. The molecule has 130 valence electrons. The fourth-order valence-corrected chi connectivity index (χ4v) is 3.33. The van der Waals surface area contributed by atoms with Crippen LogP contribution in [0.4, 0.5) is 8.78 Å². The van der Waals surface area contributed by atoms with Gasteiger partial charge in [-0.3, -0.25) is 0 Å². The fraction of sp³-hybridized carbons (Fsp3) is 0.222. The fourth-order valence-electron chi connectivity index (χ4n) is 2.92. The maximum Gasteiger partial charge on any atom is 0.374 e. The van der Waals surface area contributed by atoms with Gasteiger partial charge in [-0.1, -0.05) is 39.3 Å². The third-order valence-corrected chi connectivity index (χ3v) is 4.58. The van der Waals surface area contributed by atoms with Crippen LogP contribution >= 0.6 is 15.9 Å². The van der Waals surface area contributed by atoms with E-state index in [0.29, 0.717) is 5.56 Å². The summed E-state index contributed by atoms with van der Waals surface area (Å²) in [4.78, 5) is 15.4. The Morgan fingerprint density at radius 3 is 2.68 bits per heavy atom. The first kappa shape index (κ1) is 17.5. The molecule has 2 aromatic carbocycles. The maximum absolute atomic E-state index is 13.6. The second-order valence-corrected chi connectivity index (χ2v) is 6.67. The molecule has 0 aromatic heterocycles. The lowest BCUT2D eigenvalue weighted by atomic mass is 9.98. The Bertz CT molecular complexity index is 881. The first-order valence-corrected chi connectivity index (χ1v) is 8.24. The van der Waals surface area contributed by atoms with Gasteiger partial charge in [-0.05, 0) is 46.9 Å². The van der Waals surface area contributed by atoms with E-state index in [1.54, 1.807) is 12.1 Å². The van der Waals surface area contributed by atoms with Crippen molar-refractivity contribution in [2.75, 3.05) is 7.11 Å². The molecule has 0 aliphatic heterocycles. The third-order valence-electron chi connectivity index (χ3n) is 4.09. The minimum atomic E-state index is -3.92. The minimum absolute atomic E-state index is 0.108. The highest BCUT2D eigenvalue weighted by Crippen LogP contribution is 2.38. The average Bonchev–Trinajstić information content (AvgIpc) is 2.90. The van der Waals surface area contributed by atoms with Crippen molar-refractivity contribution in [1.29, 1.82) is 0 Å². The maximum atomic E-state index is 13.6. The molecule has 0 saturated heterocycles. The summed E-state index contributed by atoms with van der Waals surface area (Å²) < 4.78 is 28.2. The quantitative estimate of drug-likeness (QED) is 0.499. The van der Waals surface area contributed by atoms with Crippen LogP contribution in [0.5, 0.6) is 0 Å². The van der Waals surface area contributed by atoms with Crippen LogP contribution in [0, 0.1) is 0 Å². The molecular formula is C18H14BrF2NO3. The molecule has 2 aromatic rings. The number of benzene rings is 2. The van der Waals surface area contributed by atoms with Gasteiger partial charge in [0.1, 0.15) is 7.11 Å². The smallest absolute Gasteiger partial charge is 0.374 e.